The molecular weight excluding hydrogens is 276 g/mol. The largest absolute Gasteiger partial charge is 0.334 e. The van der Waals surface area contributed by atoms with Crippen LogP contribution in [0.1, 0.15) is 31.7 Å². The van der Waals surface area contributed by atoms with Crippen LogP contribution in [-0.2, 0) is 6.54 Å². The molecule has 1 saturated carbocycles. The zero-order valence-corrected chi connectivity index (χ0v) is 13.2. The highest BCUT2D eigenvalue weighted by Gasteiger charge is 2.29. The van der Waals surface area contributed by atoms with Gasteiger partial charge in [0.05, 0.1) is 0 Å². The summed E-state index contributed by atoms with van der Waals surface area (Å²) in [5.41, 5.74) is 1.18. The molecule has 1 aliphatic rings. The van der Waals surface area contributed by atoms with Gasteiger partial charge in [-0.3, -0.25) is 0 Å². The van der Waals surface area contributed by atoms with E-state index in [1.165, 1.54) is 17.7 Å². The van der Waals surface area contributed by atoms with Gasteiger partial charge in [0.15, 0.2) is 0 Å². The van der Waals surface area contributed by atoms with E-state index < -0.39 is 0 Å². The molecule has 2 atom stereocenters. The topological polar surface area (TPSA) is 32.3 Å². The summed E-state index contributed by atoms with van der Waals surface area (Å²) in [7, 11) is 1.92. The highest BCUT2D eigenvalue weighted by molar-refractivity contribution is 7.99. The number of nitrogens with one attached hydrogen (secondary N) is 1. The molecule has 3 nitrogen and oxygen atoms in total. The van der Waals surface area contributed by atoms with Gasteiger partial charge in [-0.1, -0.05) is 6.92 Å². The van der Waals surface area contributed by atoms with Gasteiger partial charge in [-0.25, -0.2) is 4.79 Å². The first-order chi connectivity index (χ1) is 9.20. The van der Waals surface area contributed by atoms with Crippen LogP contribution in [-0.4, -0.2) is 35.0 Å². The van der Waals surface area contributed by atoms with Crippen molar-refractivity contribution < 1.29 is 4.79 Å². The van der Waals surface area contributed by atoms with Crippen molar-refractivity contribution in [2.45, 2.75) is 44.0 Å². The third-order valence-corrected chi connectivity index (χ3v) is 5.62. The molecule has 1 fully saturated rings. The molecule has 1 aromatic heterocycles. The molecule has 0 aliphatic heterocycles. The molecule has 106 valence electrons. The quantitative estimate of drug-likeness (QED) is 0.901. The molecule has 1 heterocycles. The lowest BCUT2D eigenvalue weighted by molar-refractivity contribution is 0.190. The molecular formula is C14H22N2OS2. The minimum Gasteiger partial charge on any atom is -0.334 e. The maximum absolute atomic E-state index is 12.1. The standard InChI is InChI=1S/C14H22N2OS2/c1-3-19-13-5-4-12(8-13)16(2)14(17)15-9-11-6-7-18-10-11/h6-7,10,12-13H,3-5,8-9H2,1-2H3,(H,15,17)/t12-,13+/m0/s1. The summed E-state index contributed by atoms with van der Waals surface area (Å²) < 4.78 is 0. The molecule has 1 aliphatic carbocycles. The van der Waals surface area contributed by atoms with Crippen LogP contribution in [0.25, 0.3) is 0 Å². The lowest BCUT2D eigenvalue weighted by atomic mass is 10.2. The Labute approximate surface area is 123 Å². The predicted octanol–water partition coefficient (Wildman–Crippen LogP) is 3.56. The van der Waals surface area contributed by atoms with Gasteiger partial charge in [-0.05, 0) is 47.4 Å². The Morgan fingerprint density at radius 3 is 3.11 bits per heavy atom. The van der Waals surface area contributed by atoms with E-state index in [-0.39, 0.29) is 6.03 Å². The smallest absolute Gasteiger partial charge is 0.317 e. The zero-order chi connectivity index (χ0) is 13.7. The Kier molecular flexibility index (Phi) is 5.58. The fraction of sp³-hybridized carbons (Fsp3) is 0.643. The van der Waals surface area contributed by atoms with Crippen LogP contribution in [0.2, 0.25) is 0 Å². The maximum atomic E-state index is 12.1. The van der Waals surface area contributed by atoms with Gasteiger partial charge >= 0.3 is 6.03 Å². The van der Waals surface area contributed by atoms with Crippen molar-refractivity contribution in [3.63, 3.8) is 0 Å². The van der Waals surface area contributed by atoms with Gasteiger partial charge < -0.3 is 10.2 Å². The van der Waals surface area contributed by atoms with Crippen molar-refractivity contribution in [3.05, 3.63) is 22.4 Å². The van der Waals surface area contributed by atoms with Gasteiger partial charge in [0.1, 0.15) is 0 Å². The molecule has 0 saturated heterocycles. The minimum atomic E-state index is 0.0540. The second-order valence-corrected chi connectivity index (χ2v) is 7.30. The Morgan fingerprint density at radius 2 is 2.42 bits per heavy atom. The van der Waals surface area contributed by atoms with E-state index in [0.29, 0.717) is 12.6 Å². The van der Waals surface area contributed by atoms with Gasteiger partial charge in [-0.2, -0.15) is 23.1 Å². The lowest BCUT2D eigenvalue weighted by Gasteiger charge is -2.25. The number of hydrogen-bond donors (Lipinski definition) is 1. The van der Waals surface area contributed by atoms with Crippen molar-refractivity contribution in [2.75, 3.05) is 12.8 Å². The van der Waals surface area contributed by atoms with Crippen LogP contribution in [0.15, 0.2) is 16.8 Å². The number of carbonyl (C=O) groups excluding carboxylic acids is 1. The summed E-state index contributed by atoms with van der Waals surface area (Å²) in [6.07, 6.45) is 3.52. The Morgan fingerprint density at radius 1 is 1.58 bits per heavy atom. The second kappa shape index (κ2) is 7.20. The Hall–Kier alpha value is -0.680. The normalized spacial score (nSPS) is 22.4. The van der Waals surface area contributed by atoms with Crippen LogP contribution < -0.4 is 5.32 Å². The van der Waals surface area contributed by atoms with Crippen LogP contribution >= 0.6 is 23.1 Å². The zero-order valence-electron chi connectivity index (χ0n) is 11.6. The number of nitrogens with zero attached hydrogens (tertiary/aromatic N) is 1. The van der Waals surface area contributed by atoms with E-state index in [1.807, 2.05) is 29.1 Å². The average Bonchev–Trinajstić information content (AvgIpc) is 3.06. The number of urea groups is 1. The molecule has 0 aromatic carbocycles. The number of carbonyl (C=O) groups is 1. The van der Waals surface area contributed by atoms with Crippen molar-refractivity contribution in [1.82, 2.24) is 10.2 Å². The van der Waals surface area contributed by atoms with Gasteiger partial charge in [-0.15, -0.1) is 0 Å². The highest BCUT2D eigenvalue weighted by atomic mass is 32.2. The van der Waals surface area contributed by atoms with E-state index >= 15 is 0 Å². The van der Waals surface area contributed by atoms with Crippen molar-refractivity contribution >= 4 is 29.1 Å². The SMILES string of the molecule is CCS[C@@H]1CC[C@H](N(C)C(=O)NCc2ccsc2)C1. The summed E-state index contributed by atoms with van der Waals surface area (Å²) in [5, 5.41) is 7.84. The predicted molar refractivity (Wildman–Crippen MR) is 83.9 cm³/mol. The molecule has 2 amide bonds. The van der Waals surface area contributed by atoms with E-state index in [2.05, 4.69) is 23.7 Å². The molecule has 19 heavy (non-hydrogen) atoms. The number of hydrogen-bond acceptors (Lipinski definition) is 3. The summed E-state index contributed by atoms with van der Waals surface area (Å²) in [5.74, 6) is 1.17. The minimum absolute atomic E-state index is 0.0540. The molecule has 5 heteroatoms. The van der Waals surface area contributed by atoms with Crippen LogP contribution in [0.5, 0.6) is 0 Å². The average molecular weight is 298 g/mol. The fourth-order valence-corrected chi connectivity index (χ4v) is 4.32. The van der Waals surface area contributed by atoms with Crippen LogP contribution in [0, 0.1) is 0 Å². The third-order valence-electron chi connectivity index (χ3n) is 3.65. The molecule has 0 unspecified atom stereocenters. The first-order valence-corrected chi connectivity index (χ1v) is 8.83. The molecule has 1 aromatic rings. The monoisotopic (exact) mass is 298 g/mol. The summed E-state index contributed by atoms with van der Waals surface area (Å²) in [4.78, 5) is 14.0. The Bertz CT molecular complexity index is 394. The van der Waals surface area contributed by atoms with E-state index in [1.54, 1.807) is 11.3 Å². The molecule has 1 N–H and O–H groups in total. The third kappa shape index (κ3) is 4.14. The van der Waals surface area contributed by atoms with E-state index in [0.717, 1.165) is 18.1 Å². The van der Waals surface area contributed by atoms with Crippen molar-refractivity contribution in [1.29, 1.82) is 0 Å². The van der Waals surface area contributed by atoms with Gasteiger partial charge in [0, 0.05) is 24.9 Å². The molecule has 0 radical (unpaired) electrons. The summed E-state index contributed by atoms with van der Waals surface area (Å²) >= 11 is 3.69. The molecule has 0 spiro atoms. The molecule has 0 bridgehead atoms. The van der Waals surface area contributed by atoms with Crippen LogP contribution in [0.3, 0.4) is 0 Å². The summed E-state index contributed by atoms with van der Waals surface area (Å²) in [6, 6.07) is 2.51. The maximum Gasteiger partial charge on any atom is 0.317 e. The number of thiophene rings is 1. The first-order valence-electron chi connectivity index (χ1n) is 6.84. The van der Waals surface area contributed by atoms with Crippen molar-refractivity contribution in [3.8, 4) is 0 Å². The highest BCUT2D eigenvalue weighted by Crippen LogP contribution is 2.32. The fourth-order valence-electron chi connectivity index (χ4n) is 2.52. The van der Waals surface area contributed by atoms with Gasteiger partial charge in [0.2, 0.25) is 0 Å². The van der Waals surface area contributed by atoms with Crippen molar-refractivity contribution in [2.24, 2.45) is 0 Å². The summed E-state index contributed by atoms with van der Waals surface area (Å²) in [6.45, 7) is 2.84. The number of thioether (sulfide) groups is 1. The number of rotatable bonds is 5. The van der Waals surface area contributed by atoms with E-state index in [9.17, 15) is 4.79 Å². The Balaban J connectivity index is 1.76. The second-order valence-electron chi connectivity index (χ2n) is 4.95. The number of amides is 2. The van der Waals surface area contributed by atoms with Gasteiger partial charge in [0.25, 0.3) is 0 Å². The van der Waals surface area contributed by atoms with E-state index in [4.69, 9.17) is 0 Å². The lowest BCUT2D eigenvalue weighted by Crippen LogP contribution is -2.42. The van der Waals surface area contributed by atoms with Crippen LogP contribution in [0.4, 0.5) is 4.79 Å². The molecule has 2 rings (SSSR count). The first kappa shape index (κ1) is 14.7.